The van der Waals surface area contributed by atoms with Gasteiger partial charge in [-0.15, -0.1) is 0 Å². The molecule has 1 heterocycles. The van der Waals surface area contributed by atoms with Gasteiger partial charge in [0.25, 0.3) is 0 Å². The minimum absolute atomic E-state index is 0.00528. The quantitative estimate of drug-likeness (QED) is 0.876. The molecule has 0 spiro atoms. The molecule has 104 valence electrons. The molecule has 2 N–H and O–H groups in total. The number of carbonyl (C=O) groups is 1. The molecule has 1 aliphatic heterocycles. The van der Waals surface area contributed by atoms with Crippen LogP contribution in [0, 0.1) is 0 Å². The van der Waals surface area contributed by atoms with E-state index in [1.165, 1.54) is 11.8 Å². The van der Waals surface area contributed by atoms with Gasteiger partial charge < -0.3 is 15.1 Å². The molecule has 20 heavy (non-hydrogen) atoms. The Morgan fingerprint density at radius 3 is 2.70 bits per heavy atom. The summed E-state index contributed by atoms with van der Waals surface area (Å²) >= 11 is 1.34. The normalized spacial score (nSPS) is 24.9. The van der Waals surface area contributed by atoms with Crippen molar-refractivity contribution >= 4 is 23.4 Å². The standard InChI is InChI=1S/C15H15NO3S/c1-8-14(15(18)19)20-9(2)16(8)12-7-13(17)11-6-4-3-5-10(11)12/h3-7,9,13,17H,1-2H3,(H,18,19). The Bertz CT molecular complexity index is 650. The third-order valence-electron chi connectivity index (χ3n) is 3.67. The number of nitrogens with zero attached hydrogens (tertiary/aromatic N) is 1. The number of benzene rings is 1. The van der Waals surface area contributed by atoms with E-state index in [-0.39, 0.29) is 5.37 Å². The minimum atomic E-state index is -0.894. The first-order chi connectivity index (χ1) is 9.50. The van der Waals surface area contributed by atoms with Crippen LogP contribution in [0.15, 0.2) is 40.9 Å². The molecular weight excluding hydrogens is 274 g/mol. The second kappa shape index (κ2) is 4.68. The van der Waals surface area contributed by atoms with Crippen LogP contribution in [0.1, 0.15) is 31.1 Å². The molecule has 5 heteroatoms. The second-order valence-electron chi connectivity index (χ2n) is 4.89. The Morgan fingerprint density at radius 2 is 2.05 bits per heavy atom. The zero-order chi connectivity index (χ0) is 14.4. The van der Waals surface area contributed by atoms with Gasteiger partial charge in [-0.05, 0) is 25.5 Å². The maximum Gasteiger partial charge on any atom is 0.344 e. The Kier molecular flexibility index (Phi) is 3.11. The number of allylic oxidation sites excluding steroid dienone is 1. The molecule has 0 saturated heterocycles. The zero-order valence-electron chi connectivity index (χ0n) is 11.2. The van der Waals surface area contributed by atoms with Gasteiger partial charge in [0, 0.05) is 17.0 Å². The summed E-state index contributed by atoms with van der Waals surface area (Å²) in [5.41, 5.74) is 3.46. The first kappa shape index (κ1) is 13.3. The number of aliphatic hydroxyl groups excluding tert-OH is 1. The maximum atomic E-state index is 11.3. The molecule has 0 amide bonds. The number of hydrogen-bond acceptors (Lipinski definition) is 4. The lowest BCUT2D eigenvalue weighted by Crippen LogP contribution is -2.23. The highest BCUT2D eigenvalue weighted by Gasteiger charge is 2.36. The van der Waals surface area contributed by atoms with Crippen LogP contribution in [0.25, 0.3) is 5.70 Å². The number of aliphatic hydroxyl groups is 1. The highest BCUT2D eigenvalue weighted by Crippen LogP contribution is 2.46. The molecule has 2 atom stereocenters. The van der Waals surface area contributed by atoms with Gasteiger partial charge in [0.15, 0.2) is 0 Å². The summed E-state index contributed by atoms with van der Waals surface area (Å²) in [4.78, 5) is 13.6. The molecule has 0 aromatic heterocycles. The van der Waals surface area contributed by atoms with E-state index in [2.05, 4.69) is 0 Å². The van der Waals surface area contributed by atoms with Crippen LogP contribution < -0.4 is 0 Å². The largest absolute Gasteiger partial charge is 0.477 e. The minimum Gasteiger partial charge on any atom is -0.477 e. The highest BCUT2D eigenvalue weighted by molar-refractivity contribution is 8.04. The molecule has 0 saturated carbocycles. The van der Waals surface area contributed by atoms with Crippen molar-refractivity contribution in [3.8, 4) is 0 Å². The number of fused-ring (bicyclic) bond motifs is 1. The first-order valence-corrected chi connectivity index (χ1v) is 7.28. The predicted octanol–water partition coefficient (Wildman–Crippen LogP) is 2.79. The van der Waals surface area contributed by atoms with E-state index < -0.39 is 12.1 Å². The molecule has 2 unspecified atom stereocenters. The summed E-state index contributed by atoms with van der Waals surface area (Å²) in [5, 5.41) is 19.4. The predicted molar refractivity (Wildman–Crippen MR) is 78.6 cm³/mol. The Morgan fingerprint density at radius 1 is 1.35 bits per heavy atom. The third kappa shape index (κ3) is 1.85. The summed E-state index contributed by atoms with van der Waals surface area (Å²) in [7, 11) is 0. The van der Waals surface area contributed by atoms with Crippen molar-refractivity contribution in [1.82, 2.24) is 4.90 Å². The van der Waals surface area contributed by atoms with E-state index in [0.717, 1.165) is 22.5 Å². The summed E-state index contributed by atoms with van der Waals surface area (Å²) in [6.07, 6.45) is 1.16. The lowest BCUT2D eigenvalue weighted by molar-refractivity contribution is -0.131. The van der Waals surface area contributed by atoms with Crippen molar-refractivity contribution < 1.29 is 15.0 Å². The van der Waals surface area contributed by atoms with Crippen LogP contribution >= 0.6 is 11.8 Å². The molecule has 0 fully saturated rings. The maximum absolute atomic E-state index is 11.3. The van der Waals surface area contributed by atoms with Gasteiger partial charge in [-0.2, -0.15) is 0 Å². The van der Waals surface area contributed by atoms with Crippen LogP contribution in [0.5, 0.6) is 0 Å². The molecule has 1 aliphatic carbocycles. The number of thioether (sulfide) groups is 1. The van der Waals surface area contributed by atoms with Crippen molar-refractivity contribution in [1.29, 1.82) is 0 Å². The summed E-state index contributed by atoms with van der Waals surface area (Å²) < 4.78 is 0. The Hall–Kier alpha value is -1.72. The Balaban J connectivity index is 2.07. The Labute approximate surface area is 121 Å². The van der Waals surface area contributed by atoms with E-state index in [4.69, 9.17) is 0 Å². The topological polar surface area (TPSA) is 60.8 Å². The number of carboxylic acids is 1. The van der Waals surface area contributed by atoms with Crippen molar-refractivity contribution in [2.45, 2.75) is 25.3 Å². The van der Waals surface area contributed by atoms with Crippen LogP contribution in [-0.2, 0) is 4.79 Å². The van der Waals surface area contributed by atoms with Gasteiger partial charge in [0.2, 0.25) is 0 Å². The van der Waals surface area contributed by atoms with E-state index in [1.807, 2.05) is 43.0 Å². The fraction of sp³-hybridized carbons (Fsp3) is 0.267. The molecule has 3 rings (SSSR count). The number of rotatable bonds is 2. The van der Waals surface area contributed by atoms with E-state index in [9.17, 15) is 15.0 Å². The SMILES string of the molecule is CC1=C(C(=O)O)SC(C)N1C1=CC(O)c2ccccc21. The molecule has 1 aromatic rings. The van der Waals surface area contributed by atoms with E-state index >= 15 is 0 Å². The van der Waals surface area contributed by atoms with Crippen molar-refractivity contribution in [3.63, 3.8) is 0 Å². The summed E-state index contributed by atoms with van der Waals surface area (Å²) in [6.45, 7) is 3.78. The number of carboxylic acid groups (broad SMARTS) is 1. The van der Waals surface area contributed by atoms with Gasteiger partial charge in [-0.25, -0.2) is 4.79 Å². The average Bonchev–Trinajstić information content (AvgIpc) is 2.88. The van der Waals surface area contributed by atoms with Gasteiger partial charge in [-0.1, -0.05) is 36.0 Å². The monoisotopic (exact) mass is 289 g/mol. The van der Waals surface area contributed by atoms with Crippen molar-refractivity contribution in [2.24, 2.45) is 0 Å². The smallest absolute Gasteiger partial charge is 0.344 e. The molecule has 0 bridgehead atoms. The van der Waals surface area contributed by atoms with Gasteiger partial charge in [0.1, 0.15) is 11.0 Å². The summed E-state index contributed by atoms with van der Waals surface area (Å²) in [6, 6.07) is 7.68. The van der Waals surface area contributed by atoms with Crippen LogP contribution in [0.4, 0.5) is 0 Å². The molecular formula is C15H15NO3S. The van der Waals surface area contributed by atoms with Crippen molar-refractivity contribution in [2.75, 3.05) is 0 Å². The first-order valence-electron chi connectivity index (χ1n) is 6.40. The highest BCUT2D eigenvalue weighted by atomic mass is 32.2. The third-order valence-corrected chi connectivity index (χ3v) is 4.92. The molecule has 1 aromatic carbocycles. The zero-order valence-corrected chi connectivity index (χ0v) is 12.0. The second-order valence-corrected chi connectivity index (χ2v) is 6.22. The molecule has 2 aliphatic rings. The van der Waals surface area contributed by atoms with Gasteiger partial charge in [-0.3, -0.25) is 0 Å². The summed E-state index contributed by atoms with van der Waals surface area (Å²) in [5.74, 6) is -0.894. The van der Waals surface area contributed by atoms with Crippen molar-refractivity contribution in [3.05, 3.63) is 52.1 Å². The lowest BCUT2D eigenvalue weighted by Gasteiger charge is -2.26. The fourth-order valence-electron chi connectivity index (χ4n) is 2.80. The van der Waals surface area contributed by atoms with Crippen LogP contribution in [-0.4, -0.2) is 26.5 Å². The average molecular weight is 289 g/mol. The number of aliphatic carboxylic acids is 1. The fourth-order valence-corrected chi connectivity index (χ4v) is 3.89. The lowest BCUT2D eigenvalue weighted by atomic mass is 10.1. The van der Waals surface area contributed by atoms with Crippen LogP contribution in [0.2, 0.25) is 0 Å². The molecule has 0 radical (unpaired) electrons. The number of hydrogen-bond donors (Lipinski definition) is 2. The van der Waals surface area contributed by atoms with Crippen LogP contribution in [0.3, 0.4) is 0 Å². The molecule has 4 nitrogen and oxygen atoms in total. The van der Waals surface area contributed by atoms with Gasteiger partial charge >= 0.3 is 5.97 Å². The van der Waals surface area contributed by atoms with Gasteiger partial charge in [0.05, 0.1) is 5.37 Å². The van der Waals surface area contributed by atoms with E-state index in [0.29, 0.717) is 4.91 Å². The van der Waals surface area contributed by atoms with E-state index in [1.54, 1.807) is 6.08 Å².